The van der Waals surface area contributed by atoms with Crippen molar-refractivity contribution >= 4 is 17.9 Å². The molecule has 0 spiro atoms. The third-order valence-electron chi connectivity index (χ3n) is 7.44. The summed E-state index contributed by atoms with van der Waals surface area (Å²) in [4.78, 5) is 39.2. The number of carbonyl (C=O) groups excluding carboxylic acids is 3. The summed E-state index contributed by atoms with van der Waals surface area (Å²) in [5.41, 5.74) is -0.717. The molecule has 3 amide bonds. The Morgan fingerprint density at radius 3 is 2.00 bits per heavy atom. The zero-order chi connectivity index (χ0) is 21.5. The van der Waals surface area contributed by atoms with Gasteiger partial charge in [-0.05, 0) is 89.9 Å². The molecule has 5 fully saturated rings. The third kappa shape index (κ3) is 4.75. The second-order valence-corrected chi connectivity index (χ2v) is 11.2. The number of amides is 3. The van der Waals surface area contributed by atoms with E-state index in [1.807, 2.05) is 20.8 Å². The van der Waals surface area contributed by atoms with Gasteiger partial charge in [0.15, 0.2) is 0 Å². The maximum absolute atomic E-state index is 13.0. The van der Waals surface area contributed by atoms with Crippen LogP contribution in [-0.4, -0.2) is 54.1 Å². The number of ether oxygens (including phenoxy) is 1. The normalized spacial score (nSPS) is 33.3. The van der Waals surface area contributed by atoms with Crippen molar-refractivity contribution in [3.63, 3.8) is 0 Å². The van der Waals surface area contributed by atoms with E-state index in [4.69, 9.17) is 4.74 Å². The number of hydrogen-bond donors (Lipinski definition) is 2. The number of nitrogens with zero attached hydrogens (tertiary/aromatic N) is 1. The summed E-state index contributed by atoms with van der Waals surface area (Å²) in [6, 6.07) is 0.0349. The molecule has 4 saturated carbocycles. The fourth-order valence-corrected chi connectivity index (χ4v) is 6.55. The molecule has 5 rings (SSSR count). The molecule has 2 N–H and O–H groups in total. The molecule has 0 aromatic heterocycles. The molecule has 7 nitrogen and oxygen atoms in total. The number of nitrogens with one attached hydrogen (secondary N) is 2. The lowest BCUT2D eigenvalue weighted by atomic mass is 9.49. The first-order valence-electron chi connectivity index (χ1n) is 11.7. The van der Waals surface area contributed by atoms with Crippen molar-refractivity contribution in [1.29, 1.82) is 0 Å². The summed E-state index contributed by atoms with van der Waals surface area (Å²) in [5, 5.41) is 5.97. The van der Waals surface area contributed by atoms with Crippen LogP contribution in [0.1, 0.15) is 72.1 Å². The summed E-state index contributed by atoms with van der Waals surface area (Å²) in [7, 11) is 0. The fourth-order valence-electron chi connectivity index (χ4n) is 6.55. The number of piperidine rings is 1. The average molecular weight is 420 g/mol. The highest BCUT2D eigenvalue weighted by Gasteiger charge is 2.54. The molecule has 4 bridgehead atoms. The van der Waals surface area contributed by atoms with Gasteiger partial charge in [-0.1, -0.05) is 0 Å². The van der Waals surface area contributed by atoms with Crippen LogP contribution in [0.15, 0.2) is 0 Å². The van der Waals surface area contributed by atoms with Gasteiger partial charge >= 0.3 is 6.09 Å². The molecule has 1 heterocycles. The van der Waals surface area contributed by atoms with Crippen molar-refractivity contribution in [2.45, 2.75) is 83.8 Å². The van der Waals surface area contributed by atoms with Crippen molar-refractivity contribution in [2.75, 3.05) is 19.6 Å². The van der Waals surface area contributed by atoms with Crippen molar-refractivity contribution in [3.05, 3.63) is 0 Å². The molecule has 0 atom stereocenters. The van der Waals surface area contributed by atoms with Gasteiger partial charge in [-0.15, -0.1) is 0 Å². The molecule has 30 heavy (non-hydrogen) atoms. The van der Waals surface area contributed by atoms with E-state index in [2.05, 4.69) is 10.6 Å². The molecule has 4 aliphatic carbocycles. The second kappa shape index (κ2) is 8.04. The summed E-state index contributed by atoms with van der Waals surface area (Å²) in [6.07, 6.45) is 8.04. The highest BCUT2D eigenvalue weighted by Crippen LogP contribution is 2.60. The van der Waals surface area contributed by atoms with E-state index in [0.29, 0.717) is 43.7 Å². The summed E-state index contributed by atoms with van der Waals surface area (Å²) in [5.74, 6) is 2.10. The van der Waals surface area contributed by atoms with Crippen molar-refractivity contribution in [2.24, 2.45) is 23.2 Å². The summed E-state index contributed by atoms with van der Waals surface area (Å²) in [6.45, 7) is 6.76. The van der Waals surface area contributed by atoms with Crippen LogP contribution in [0.4, 0.5) is 4.79 Å². The SMILES string of the molecule is CC(C)(C)OC(=O)N1CCC(NC(=O)CNC(=O)C23CC4CC(CC(C4)C2)C3)CC1. The van der Waals surface area contributed by atoms with Crippen LogP contribution in [0.3, 0.4) is 0 Å². The van der Waals surface area contributed by atoms with E-state index in [0.717, 1.165) is 19.3 Å². The Kier molecular flexibility index (Phi) is 5.75. The lowest BCUT2D eigenvalue weighted by Crippen LogP contribution is -2.55. The van der Waals surface area contributed by atoms with Gasteiger partial charge in [0, 0.05) is 24.5 Å². The van der Waals surface area contributed by atoms with Crippen molar-refractivity contribution < 1.29 is 19.1 Å². The average Bonchev–Trinajstić information content (AvgIpc) is 2.64. The van der Waals surface area contributed by atoms with E-state index in [1.165, 1.54) is 19.3 Å². The Hall–Kier alpha value is -1.79. The molecular formula is C23H37N3O4. The van der Waals surface area contributed by atoms with Crippen LogP contribution in [0.2, 0.25) is 0 Å². The molecular weight excluding hydrogens is 382 g/mol. The maximum atomic E-state index is 13.0. The number of rotatable bonds is 4. The minimum Gasteiger partial charge on any atom is -0.444 e. The Morgan fingerprint density at radius 2 is 1.50 bits per heavy atom. The maximum Gasteiger partial charge on any atom is 0.410 e. The second-order valence-electron chi connectivity index (χ2n) is 11.2. The number of hydrogen-bond acceptors (Lipinski definition) is 4. The van der Waals surface area contributed by atoms with E-state index in [9.17, 15) is 14.4 Å². The molecule has 0 radical (unpaired) electrons. The van der Waals surface area contributed by atoms with E-state index in [-0.39, 0.29) is 35.9 Å². The molecule has 1 aliphatic heterocycles. The van der Waals surface area contributed by atoms with Crippen LogP contribution in [0, 0.1) is 23.2 Å². The Balaban J connectivity index is 1.19. The quantitative estimate of drug-likeness (QED) is 0.733. The molecule has 0 aromatic rings. The topological polar surface area (TPSA) is 87.7 Å². The van der Waals surface area contributed by atoms with Gasteiger partial charge in [-0.25, -0.2) is 4.79 Å². The van der Waals surface area contributed by atoms with Gasteiger partial charge in [0.2, 0.25) is 11.8 Å². The van der Waals surface area contributed by atoms with E-state index >= 15 is 0 Å². The van der Waals surface area contributed by atoms with Gasteiger partial charge in [0.05, 0.1) is 6.54 Å². The molecule has 5 aliphatic rings. The van der Waals surface area contributed by atoms with Crippen LogP contribution < -0.4 is 10.6 Å². The van der Waals surface area contributed by atoms with Gasteiger partial charge in [-0.2, -0.15) is 0 Å². The zero-order valence-electron chi connectivity index (χ0n) is 18.7. The molecule has 0 aromatic carbocycles. The summed E-state index contributed by atoms with van der Waals surface area (Å²) >= 11 is 0. The van der Waals surface area contributed by atoms with Crippen molar-refractivity contribution in [1.82, 2.24) is 15.5 Å². The fraction of sp³-hybridized carbons (Fsp3) is 0.870. The van der Waals surface area contributed by atoms with E-state index in [1.54, 1.807) is 4.90 Å². The van der Waals surface area contributed by atoms with Crippen LogP contribution >= 0.6 is 0 Å². The third-order valence-corrected chi connectivity index (χ3v) is 7.44. The predicted octanol–water partition coefficient (Wildman–Crippen LogP) is 2.83. The number of carbonyl (C=O) groups is 3. The largest absolute Gasteiger partial charge is 0.444 e. The predicted molar refractivity (Wildman–Crippen MR) is 113 cm³/mol. The molecule has 1 saturated heterocycles. The molecule has 7 heteroatoms. The van der Waals surface area contributed by atoms with Crippen molar-refractivity contribution in [3.8, 4) is 0 Å². The molecule has 168 valence electrons. The van der Waals surface area contributed by atoms with Gasteiger partial charge in [0.1, 0.15) is 5.60 Å². The standard InChI is InChI=1S/C23H37N3O4/c1-22(2,3)30-21(29)26-6-4-18(5-7-26)25-19(27)14-24-20(28)23-11-15-8-16(12-23)10-17(9-15)13-23/h15-18H,4-14H2,1-3H3,(H,24,28)(H,25,27). The summed E-state index contributed by atoms with van der Waals surface area (Å²) < 4.78 is 5.41. The van der Waals surface area contributed by atoms with Gasteiger partial charge in [0.25, 0.3) is 0 Å². The van der Waals surface area contributed by atoms with Crippen LogP contribution in [-0.2, 0) is 14.3 Å². The first-order valence-corrected chi connectivity index (χ1v) is 11.7. The zero-order valence-corrected chi connectivity index (χ0v) is 18.7. The minimum atomic E-state index is -0.503. The monoisotopic (exact) mass is 419 g/mol. The van der Waals surface area contributed by atoms with Gasteiger partial charge < -0.3 is 20.3 Å². The minimum absolute atomic E-state index is 0.0349. The van der Waals surface area contributed by atoms with Crippen LogP contribution in [0.5, 0.6) is 0 Å². The lowest BCUT2D eigenvalue weighted by Gasteiger charge is -2.55. The Labute approximate surface area is 179 Å². The van der Waals surface area contributed by atoms with Crippen LogP contribution in [0.25, 0.3) is 0 Å². The Morgan fingerprint density at radius 1 is 0.967 bits per heavy atom. The molecule has 0 unspecified atom stereocenters. The Bertz CT molecular complexity index is 656. The highest BCUT2D eigenvalue weighted by atomic mass is 16.6. The first-order chi connectivity index (χ1) is 14.1. The highest BCUT2D eigenvalue weighted by molar-refractivity contribution is 5.88. The smallest absolute Gasteiger partial charge is 0.410 e. The van der Waals surface area contributed by atoms with Gasteiger partial charge in [-0.3, -0.25) is 9.59 Å². The lowest BCUT2D eigenvalue weighted by molar-refractivity contribution is -0.147. The first kappa shape index (κ1) is 21.4. The van der Waals surface area contributed by atoms with E-state index < -0.39 is 5.60 Å². The number of likely N-dealkylation sites (tertiary alicyclic amines) is 1.